The summed E-state index contributed by atoms with van der Waals surface area (Å²) < 4.78 is 1.76. The summed E-state index contributed by atoms with van der Waals surface area (Å²) in [6.45, 7) is 5.39. The molecule has 94 valence electrons. The Kier molecular flexibility index (Phi) is 3.14. The van der Waals surface area contributed by atoms with E-state index in [1.165, 1.54) is 0 Å². The highest BCUT2D eigenvalue weighted by Gasteiger charge is 2.23. The van der Waals surface area contributed by atoms with E-state index in [1.54, 1.807) is 24.0 Å². The predicted molar refractivity (Wildman–Crippen MR) is 66.9 cm³/mol. The third-order valence-electron chi connectivity index (χ3n) is 3.06. The van der Waals surface area contributed by atoms with Crippen molar-refractivity contribution in [1.29, 1.82) is 0 Å². The highest BCUT2D eigenvalue weighted by molar-refractivity contribution is 5.76. The summed E-state index contributed by atoms with van der Waals surface area (Å²) >= 11 is 0. The minimum atomic E-state index is -0.838. The van der Waals surface area contributed by atoms with Gasteiger partial charge in [0.25, 0.3) is 0 Å². The molecule has 1 atom stereocenters. The number of hydrogen-bond acceptors (Lipinski definition) is 3. The molecular formula is C13H15N3O2. The maximum absolute atomic E-state index is 11.1. The molecule has 5 nitrogen and oxygen atoms in total. The van der Waals surface area contributed by atoms with Crippen LogP contribution in [0.3, 0.4) is 0 Å². The number of aromatic nitrogens is 3. The molecule has 0 aliphatic heterocycles. The molecule has 0 saturated carbocycles. The quantitative estimate of drug-likeness (QED) is 0.898. The van der Waals surface area contributed by atoms with E-state index in [2.05, 4.69) is 10.1 Å². The molecule has 2 aromatic heterocycles. The molecule has 0 radical (unpaired) electrons. The van der Waals surface area contributed by atoms with Gasteiger partial charge in [-0.2, -0.15) is 5.10 Å². The number of pyridine rings is 1. The lowest BCUT2D eigenvalue weighted by atomic mass is 9.99. The van der Waals surface area contributed by atoms with Crippen molar-refractivity contribution in [2.75, 3.05) is 0 Å². The molecule has 0 saturated heterocycles. The lowest BCUT2D eigenvalue weighted by molar-refractivity contribution is -0.138. The van der Waals surface area contributed by atoms with Gasteiger partial charge in [0.2, 0.25) is 0 Å². The SMILES string of the molecule is Cc1nn(-c2ccncc2)c(C)c1C(C)C(=O)O. The Bertz CT molecular complexity index is 575. The van der Waals surface area contributed by atoms with Gasteiger partial charge >= 0.3 is 5.97 Å². The number of hydrogen-bond donors (Lipinski definition) is 1. The fraction of sp³-hybridized carbons (Fsp3) is 0.308. The zero-order chi connectivity index (χ0) is 13.3. The first kappa shape index (κ1) is 12.3. The minimum Gasteiger partial charge on any atom is -0.481 e. The van der Waals surface area contributed by atoms with Crippen LogP contribution >= 0.6 is 0 Å². The van der Waals surface area contributed by atoms with Crippen LogP contribution in [0.1, 0.15) is 29.8 Å². The maximum atomic E-state index is 11.1. The predicted octanol–water partition coefficient (Wildman–Crippen LogP) is 2.07. The summed E-state index contributed by atoms with van der Waals surface area (Å²) in [7, 11) is 0. The Labute approximate surface area is 105 Å². The van der Waals surface area contributed by atoms with E-state index >= 15 is 0 Å². The first-order valence-electron chi connectivity index (χ1n) is 5.71. The number of aryl methyl sites for hydroxylation is 1. The van der Waals surface area contributed by atoms with Crippen molar-refractivity contribution in [3.63, 3.8) is 0 Å². The van der Waals surface area contributed by atoms with Gasteiger partial charge in [-0.1, -0.05) is 0 Å². The van der Waals surface area contributed by atoms with Crippen LogP contribution in [0.2, 0.25) is 0 Å². The molecule has 0 aliphatic carbocycles. The molecule has 1 unspecified atom stereocenters. The summed E-state index contributed by atoms with van der Waals surface area (Å²) in [6.07, 6.45) is 3.37. The van der Waals surface area contributed by atoms with Crippen LogP contribution in [0.25, 0.3) is 5.69 Å². The van der Waals surface area contributed by atoms with Gasteiger partial charge in [-0.25, -0.2) is 4.68 Å². The van der Waals surface area contributed by atoms with Crippen molar-refractivity contribution in [3.05, 3.63) is 41.5 Å². The molecule has 2 aromatic rings. The highest BCUT2D eigenvalue weighted by atomic mass is 16.4. The number of carbonyl (C=O) groups is 1. The van der Waals surface area contributed by atoms with Gasteiger partial charge < -0.3 is 5.11 Å². The van der Waals surface area contributed by atoms with Gasteiger partial charge in [0, 0.05) is 23.7 Å². The standard InChI is InChI=1S/C13H15N3O2/c1-8(13(17)18)12-9(2)15-16(10(12)3)11-4-6-14-7-5-11/h4-8H,1-3H3,(H,17,18). The summed E-state index contributed by atoms with van der Waals surface area (Å²) in [6, 6.07) is 3.68. The van der Waals surface area contributed by atoms with Gasteiger partial charge in [0.05, 0.1) is 17.3 Å². The van der Waals surface area contributed by atoms with Crippen LogP contribution in [0.4, 0.5) is 0 Å². The van der Waals surface area contributed by atoms with E-state index in [9.17, 15) is 4.79 Å². The van der Waals surface area contributed by atoms with Gasteiger partial charge in [-0.15, -0.1) is 0 Å². The molecule has 0 amide bonds. The molecular weight excluding hydrogens is 230 g/mol. The van der Waals surface area contributed by atoms with E-state index < -0.39 is 11.9 Å². The van der Waals surface area contributed by atoms with Crippen molar-refractivity contribution >= 4 is 5.97 Å². The topological polar surface area (TPSA) is 68.0 Å². The highest BCUT2D eigenvalue weighted by Crippen LogP contribution is 2.25. The summed E-state index contributed by atoms with van der Waals surface area (Å²) in [5.74, 6) is -1.39. The van der Waals surface area contributed by atoms with E-state index in [0.29, 0.717) is 0 Å². The lowest BCUT2D eigenvalue weighted by Gasteiger charge is -2.08. The number of rotatable bonds is 3. The maximum Gasteiger partial charge on any atom is 0.310 e. The number of aliphatic carboxylic acids is 1. The van der Waals surface area contributed by atoms with Crippen LogP contribution < -0.4 is 0 Å². The summed E-state index contributed by atoms with van der Waals surface area (Å²) in [5.41, 5.74) is 3.27. The fourth-order valence-electron chi connectivity index (χ4n) is 2.14. The monoisotopic (exact) mass is 245 g/mol. The average Bonchev–Trinajstić information content (AvgIpc) is 2.65. The largest absolute Gasteiger partial charge is 0.481 e. The van der Waals surface area contributed by atoms with Gasteiger partial charge in [-0.05, 0) is 32.9 Å². The normalized spacial score (nSPS) is 12.4. The Morgan fingerprint density at radius 2 is 1.94 bits per heavy atom. The smallest absolute Gasteiger partial charge is 0.310 e. The third kappa shape index (κ3) is 1.99. The average molecular weight is 245 g/mol. The molecule has 1 N–H and O–H groups in total. The minimum absolute atomic E-state index is 0.555. The Morgan fingerprint density at radius 1 is 1.33 bits per heavy atom. The van der Waals surface area contributed by atoms with Gasteiger partial charge in [0.1, 0.15) is 0 Å². The van der Waals surface area contributed by atoms with Gasteiger partial charge in [0.15, 0.2) is 0 Å². The van der Waals surface area contributed by atoms with Crippen LogP contribution in [0.5, 0.6) is 0 Å². The lowest BCUT2D eigenvalue weighted by Crippen LogP contribution is -2.09. The van der Waals surface area contributed by atoms with Crippen LogP contribution in [0, 0.1) is 13.8 Å². The number of carboxylic acids is 1. The first-order valence-corrected chi connectivity index (χ1v) is 5.71. The zero-order valence-corrected chi connectivity index (χ0v) is 10.6. The third-order valence-corrected chi connectivity index (χ3v) is 3.06. The van der Waals surface area contributed by atoms with Crippen molar-refractivity contribution in [2.45, 2.75) is 26.7 Å². The second-order valence-electron chi connectivity index (χ2n) is 4.26. The second kappa shape index (κ2) is 4.60. The van der Waals surface area contributed by atoms with Crippen molar-refractivity contribution in [1.82, 2.24) is 14.8 Å². The Hall–Kier alpha value is -2.17. The second-order valence-corrected chi connectivity index (χ2v) is 4.26. The van der Waals surface area contributed by atoms with E-state index in [-0.39, 0.29) is 0 Å². The molecule has 0 aliphatic rings. The van der Waals surface area contributed by atoms with Crippen LogP contribution in [-0.4, -0.2) is 25.8 Å². The summed E-state index contributed by atoms with van der Waals surface area (Å²) in [5, 5.41) is 13.5. The van der Waals surface area contributed by atoms with E-state index in [1.807, 2.05) is 26.0 Å². The van der Waals surface area contributed by atoms with Crippen molar-refractivity contribution < 1.29 is 9.90 Å². The first-order chi connectivity index (χ1) is 8.52. The molecule has 0 aromatic carbocycles. The summed E-state index contributed by atoms with van der Waals surface area (Å²) in [4.78, 5) is 15.1. The van der Waals surface area contributed by atoms with Gasteiger partial charge in [-0.3, -0.25) is 9.78 Å². The molecule has 0 spiro atoms. The Balaban J connectivity index is 2.54. The molecule has 18 heavy (non-hydrogen) atoms. The van der Waals surface area contributed by atoms with Crippen LogP contribution in [-0.2, 0) is 4.79 Å². The number of carboxylic acid groups (broad SMARTS) is 1. The molecule has 0 bridgehead atoms. The molecule has 2 heterocycles. The van der Waals surface area contributed by atoms with Crippen molar-refractivity contribution in [2.24, 2.45) is 0 Å². The molecule has 0 fully saturated rings. The van der Waals surface area contributed by atoms with E-state index in [0.717, 1.165) is 22.6 Å². The van der Waals surface area contributed by atoms with E-state index in [4.69, 9.17) is 5.11 Å². The Morgan fingerprint density at radius 3 is 2.50 bits per heavy atom. The molecule has 2 rings (SSSR count). The van der Waals surface area contributed by atoms with Crippen LogP contribution in [0.15, 0.2) is 24.5 Å². The zero-order valence-electron chi connectivity index (χ0n) is 10.6. The molecule has 5 heteroatoms. The van der Waals surface area contributed by atoms with Crippen molar-refractivity contribution in [3.8, 4) is 5.69 Å². The number of nitrogens with zero attached hydrogens (tertiary/aromatic N) is 3. The fourth-order valence-corrected chi connectivity index (χ4v) is 2.14.